The fourth-order valence-electron chi connectivity index (χ4n) is 1.71. The Morgan fingerprint density at radius 2 is 1.95 bits per heavy atom. The zero-order valence-electron chi connectivity index (χ0n) is 12.3. The summed E-state index contributed by atoms with van der Waals surface area (Å²) in [4.78, 5) is 0. The van der Waals surface area contributed by atoms with E-state index in [-0.39, 0.29) is 12.2 Å². The average Bonchev–Trinajstić information content (AvgIpc) is 2.31. The van der Waals surface area contributed by atoms with Gasteiger partial charge >= 0.3 is 0 Å². The van der Waals surface area contributed by atoms with Crippen LogP contribution in [-0.2, 0) is 6.54 Å². The van der Waals surface area contributed by atoms with Crippen molar-refractivity contribution in [1.82, 2.24) is 5.32 Å². The number of rotatable bonds is 8. The molecule has 1 aromatic carbocycles. The second-order valence-electron chi connectivity index (χ2n) is 4.86. The smallest absolute Gasteiger partial charge is 0.161 e. The first-order chi connectivity index (χ1) is 9.02. The molecule has 0 spiro atoms. The Kier molecular flexibility index (Phi) is 6.67. The van der Waals surface area contributed by atoms with Gasteiger partial charge in [-0.2, -0.15) is 0 Å². The zero-order chi connectivity index (χ0) is 14.3. The van der Waals surface area contributed by atoms with Gasteiger partial charge in [-0.15, -0.1) is 0 Å². The van der Waals surface area contributed by atoms with Gasteiger partial charge < -0.3 is 19.9 Å². The first kappa shape index (κ1) is 15.8. The van der Waals surface area contributed by atoms with Crippen LogP contribution in [0.5, 0.6) is 11.5 Å². The minimum Gasteiger partial charge on any atom is -0.490 e. The van der Waals surface area contributed by atoms with Gasteiger partial charge in [-0.1, -0.05) is 6.07 Å². The van der Waals surface area contributed by atoms with Gasteiger partial charge in [0.15, 0.2) is 11.5 Å². The molecule has 0 fully saturated rings. The van der Waals surface area contributed by atoms with Gasteiger partial charge in [-0.25, -0.2) is 0 Å². The van der Waals surface area contributed by atoms with Crippen molar-refractivity contribution >= 4 is 0 Å². The van der Waals surface area contributed by atoms with Crippen LogP contribution in [0.2, 0.25) is 0 Å². The van der Waals surface area contributed by atoms with E-state index >= 15 is 0 Å². The van der Waals surface area contributed by atoms with E-state index < -0.39 is 0 Å². The third-order valence-electron chi connectivity index (χ3n) is 2.44. The highest BCUT2D eigenvalue weighted by atomic mass is 16.5. The standard InChI is InChI=1S/C15H25NO3/c1-5-18-15-8-13(10-16-9-12(4)17)6-7-14(15)19-11(2)3/h6-8,11-12,16-17H,5,9-10H2,1-4H3. The number of aliphatic hydroxyl groups excluding tert-OH is 1. The molecule has 0 saturated heterocycles. The van der Waals surface area contributed by atoms with Crippen molar-refractivity contribution in [3.8, 4) is 11.5 Å². The maximum atomic E-state index is 9.21. The van der Waals surface area contributed by atoms with Crippen LogP contribution in [0, 0.1) is 0 Å². The maximum absolute atomic E-state index is 9.21. The monoisotopic (exact) mass is 267 g/mol. The number of hydrogen-bond acceptors (Lipinski definition) is 4. The molecule has 0 heterocycles. The minimum absolute atomic E-state index is 0.124. The Bertz CT molecular complexity index is 378. The summed E-state index contributed by atoms with van der Waals surface area (Å²) in [6, 6.07) is 5.93. The molecule has 2 N–H and O–H groups in total. The third kappa shape index (κ3) is 5.94. The van der Waals surface area contributed by atoms with Crippen molar-refractivity contribution < 1.29 is 14.6 Å². The van der Waals surface area contributed by atoms with Crippen LogP contribution in [0.3, 0.4) is 0 Å². The van der Waals surface area contributed by atoms with Gasteiger partial charge in [0.25, 0.3) is 0 Å². The van der Waals surface area contributed by atoms with Crippen molar-refractivity contribution in [1.29, 1.82) is 0 Å². The highest BCUT2D eigenvalue weighted by Gasteiger charge is 2.08. The molecule has 0 aliphatic carbocycles. The van der Waals surface area contributed by atoms with E-state index in [1.165, 1.54) is 0 Å². The lowest BCUT2D eigenvalue weighted by Gasteiger charge is -2.16. The van der Waals surface area contributed by atoms with Gasteiger partial charge in [0.2, 0.25) is 0 Å². The van der Waals surface area contributed by atoms with Gasteiger partial charge in [-0.3, -0.25) is 0 Å². The number of aliphatic hydroxyl groups is 1. The van der Waals surface area contributed by atoms with E-state index in [0.29, 0.717) is 19.7 Å². The van der Waals surface area contributed by atoms with Crippen LogP contribution in [-0.4, -0.2) is 30.5 Å². The third-order valence-corrected chi connectivity index (χ3v) is 2.44. The van der Waals surface area contributed by atoms with Crippen LogP contribution >= 0.6 is 0 Å². The van der Waals surface area contributed by atoms with Crippen LogP contribution in [0.1, 0.15) is 33.3 Å². The summed E-state index contributed by atoms with van der Waals surface area (Å²) in [5.74, 6) is 1.55. The van der Waals surface area contributed by atoms with Crippen molar-refractivity contribution in [3.05, 3.63) is 23.8 Å². The molecule has 0 aliphatic rings. The predicted molar refractivity (Wildman–Crippen MR) is 76.8 cm³/mol. The summed E-state index contributed by atoms with van der Waals surface area (Å²) in [6.45, 7) is 9.59. The molecule has 1 rings (SSSR count). The summed E-state index contributed by atoms with van der Waals surface area (Å²) in [5, 5.41) is 12.4. The number of hydrogen-bond donors (Lipinski definition) is 2. The SMILES string of the molecule is CCOc1cc(CNCC(C)O)ccc1OC(C)C. The molecule has 0 radical (unpaired) electrons. The van der Waals surface area contributed by atoms with E-state index in [1.54, 1.807) is 6.92 Å². The minimum atomic E-state index is -0.338. The molecule has 1 atom stereocenters. The van der Waals surface area contributed by atoms with Crippen LogP contribution < -0.4 is 14.8 Å². The average molecular weight is 267 g/mol. The lowest BCUT2D eigenvalue weighted by Crippen LogP contribution is -2.23. The topological polar surface area (TPSA) is 50.7 Å². The summed E-state index contributed by atoms with van der Waals surface area (Å²) < 4.78 is 11.3. The number of benzene rings is 1. The summed E-state index contributed by atoms with van der Waals surface area (Å²) in [6.07, 6.45) is -0.215. The molecular formula is C15H25NO3. The first-order valence-electron chi connectivity index (χ1n) is 6.84. The lowest BCUT2D eigenvalue weighted by molar-refractivity contribution is 0.191. The van der Waals surface area contributed by atoms with E-state index in [1.807, 2.05) is 39.0 Å². The molecule has 0 aromatic heterocycles. The summed E-state index contributed by atoms with van der Waals surface area (Å²) >= 11 is 0. The fraction of sp³-hybridized carbons (Fsp3) is 0.600. The molecule has 0 bridgehead atoms. The number of ether oxygens (including phenoxy) is 2. The van der Waals surface area contributed by atoms with Gasteiger partial charge in [0, 0.05) is 13.1 Å². The second-order valence-corrected chi connectivity index (χ2v) is 4.86. The fourth-order valence-corrected chi connectivity index (χ4v) is 1.71. The van der Waals surface area contributed by atoms with Crippen LogP contribution in [0.15, 0.2) is 18.2 Å². The molecular weight excluding hydrogens is 242 g/mol. The van der Waals surface area contributed by atoms with E-state index in [9.17, 15) is 5.11 Å². The van der Waals surface area contributed by atoms with Gasteiger partial charge in [-0.05, 0) is 45.4 Å². The summed E-state index contributed by atoms with van der Waals surface area (Å²) in [5.41, 5.74) is 1.11. The zero-order valence-corrected chi connectivity index (χ0v) is 12.3. The molecule has 4 nitrogen and oxygen atoms in total. The molecule has 19 heavy (non-hydrogen) atoms. The molecule has 108 valence electrons. The molecule has 0 aliphatic heterocycles. The Labute approximate surface area is 115 Å². The quantitative estimate of drug-likeness (QED) is 0.759. The lowest BCUT2D eigenvalue weighted by atomic mass is 10.2. The Balaban J connectivity index is 2.71. The van der Waals surface area contributed by atoms with Gasteiger partial charge in [0.1, 0.15) is 0 Å². The Morgan fingerprint density at radius 1 is 1.21 bits per heavy atom. The van der Waals surface area contributed by atoms with Gasteiger partial charge in [0.05, 0.1) is 18.8 Å². The molecule has 0 amide bonds. The van der Waals surface area contributed by atoms with Crippen molar-refractivity contribution in [2.24, 2.45) is 0 Å². The van der Waals surface area contributed by atoms with Crippen LogP contribution in [0.4, 0.5) is 0 Å². The Hall–Kier alpha value is -1.26. The highest BCUT2D eigenvalue weighted by molar-refractivity contribution is 5.43. The van der Waals surface area contributed by atoms with Crippen molar-refractivity contribution in [3.63, 3.8) is 0 Å². The highest BCUT2D eigenvalue weighted by Crippen LogP contribution is 2.29. The molecule has 4 heteroatoms. The van der Waals surface area contributed by atoms with E-state index in [0.717, 1.165) is 17.1 Å². The normalized spacial score (nSPS) is 12.5. The second kappa shape index (κ2) is 8.02. The first-order valence-corrected chi connectivity index (χ1v) is 6.84. The van der Waals surface area contributed by atoms with Crippen molar-refractivity contribution in [2.75, 3.05) is 13.2 Å². The molecule has 0 saturated carbocycles. The van der Waals surface area contributed by atoms with E-state index in [2.05, 4.69) is 5.32 Å². The Morgan fingerprint density at radius 3 is 2.53 bits per heavy atom. The van der Waals surface area contributed by atoms with Crippen molar-refractivity contribution in [2.45, 2.75) is 46.4 Å². The molecule has 1 unspecified atom stereocenters. The maximum Gasteiger partial charge on any atom is 0.161 e. The van der Waals surface area contributed by atoms with E-state index in [4.69, 9.17) is 9.47 Å². The largest absolute Gasteiger partial charge is 0.490 e. The van der Waals surface area contributed by atoms with Crippen LogP contribution in [0.25, 0.3) is 0 Å². The number of nitrogens with one attached hydrogen (secondary N) is 1. The molecule has 1 aromatic rings. The summed E-state index contributed by atoms with van der Waals surface area (Å²) in [7, 11) is 0. The predicted octanol–water partition coefficient (Wildman–Crippen LogP) is 2.34.